The third-order valence-electron chi connectivity index (χ3n) is 8.85. The number of aliphatic carboxylic acids is 1. The molecule has 51 heavy (non-hydrogen) atoms. The molecule has 19 heteroatoms. The van der Waals surface area contributed by atoms with Crippen LogP contribution in [0.4, 0.5) is 0 Å². The first kappa shape index (κ1) is 38.6. The number of benzene rings is 1. The number of hydrogen-bond acceptors (Lipinski definition) is 10. The molecule has 0 spiro atoms. The number of nitrogens with one attached hydrogen (secondary N) is 6. The summed E-state index contributed by atoms with van der Waals surface area (Å²) in [6, 6.07) is 1.04. The zero-order chi connectivity index (χ0) is 37.4. The first-order valence-electron chi connectivity index (χ1n) is 16.4. The second-order valence-electron chi connectivity index (χ2n) is 12.5. The lowest BCUT2D eigenvalue weighted by Gasteiger charge is -2.40. The van der Waals surface area contributed by atoms with E-state index < -0.39 is 97.0 Å². The summed E-state index contributed by atoms with van der Waals surface area (Å²) in [5.74, 6) is -7.10. The van der Waals surface area contributed by atoms with E-state index in [1.54, 1.807) is 25.1 Å². The van der Waals surface area contributed by atoms with Gasteiger partial charge in [-0.05, 0) is 30.4 Å². The Morgan fingerprint density at radius 3 is 2.33 bits per heavy atom. The summed E-state index contributed by atoms with van der Waals surface area (Å²) in [5.41, 5.74) is 13.0. The highest BCUT2D eigenvalue weighted by Crippen LogP contribution is 2.31. The van der Waals surface area contributed by atoms with E-state index in [0.717, 1.165) is 22.0 Å². The van der Waals surface area contributed by atoms with E-state index in [9.17, 15) is 43.5 Å². The standard InChI is InChI=1S/C32H43N9O9S/c1-3-15(2)26-29(47)36-12-24(43)37-21(28(46)38-20(11-23(34)42)31(48)41-9-8-22(41)32(49)50)14-51-30-17(16-6-4-5-7-19(16)39-30)10-18(33)27(45)35-13-25(44)40-26/h4-7,15,18,20-22,26,39H,3,8-14,33H2,1-2H3,(H2,34,42)(H,35,45)(H,36,47)(H,37,43)(H,38,46)(H,40,44)(H,49,50)/t15-,18-,20-,21-,22-,26-/m0/s1. The summed E-state index contributed by atoms with van der Waals surface area (Å²) in [5, 5.41) is 23.3. The van der Waals surface area contributed by atoms with Crippen LogP contribution in [0.15, 0.2) is 29.3 Å². The molecule has 0 aliphatic carbocycles. The van der Waals surface area contributed by atoms with Crippen LogP contribution in [0.25, 0.3) is 10.9 Å². The minimum Gasteiger partial charge on any atom is -0.480 e. The molecule has 7 amide bonds. The van der Waals surface area contributed by atoms with Gasteiger partial charge in [-0.3, -0.25) is 33.6 Å². The number of aromatic nitrogens is 1. The van der Waals surface area contributed by atoms with Gasteiger partial charge in [0.15, 0.2) is 0 Å². The summed E-state index contributed by atoms with van der Waals surface area (Å²) in [6.45, 7) is 2.61. The number of aromatic amines is 1. The molecule has 0 unspecified atom stereocenters. The molecule has 11 N–H and O–H groups in total. The van der Waals surface area contributed by atoms with Crippen LogP contribution in [0, 0.1) is 5.92 Å². The van der Waals surface area contributed by atoms with Crippen LogP contribution in [-0.4, -0.2) is 118 Å². The van der Waals surface area contributed by atoms with Gasteiger partial charge >= 0.3 is 5.97 Å². The van der Waals surface area contributed by atoms with Crippen LogP contribution >= 0.6 is 11.8 Å². The smallest absolute Gasteiger partial charge is 0.326 e. The molecule has 0 radical (unpaired) electrons. The van der Waals surface area contributed by atoms with Crippen molar-refractivity contribution >= 4 is 70.0 Å². The number of hydrogen-bond donors (Lipinski definition) is 9. The lowest BCUT2D eigenvalue weighted by Crippen LogP contribution is -2.62. The molecule has 2 aliphatic rings. The Labute approximate surface area is 296 Å². The molecule has 1 aromatic carbocycles. The van der Waals surface area contributed by atoms with Crippen molar-refractivity contribution in [2.24, 2.45) is 17.4 Å². The van der Waals surface area contributed by atoms with Crippen LogP contribution < -0.4 is 38.1 Å². The molecule has 18 nitrogen and oxygen atoms in total. The van der Waals surface area contributed by atoms with E-state index >= 15 is 0 Å². The summed E-state index contributed by atoms with van der Waals surface area (Å²) < 4.78 is 0. The number of nitrogens with zero attached hydrogens (tertiary/aromatic N) is 1. The summed E-state index contributed by atoms with van der Waals surface area (Å²) in [7, 11) is 0. The number of rotatable bonds is 8. The number of amides is 7. The van der Waals surface area contributed by atoms with E-state index in [2.05, 4.69) is 31.6 Å². The maximum atomic E-state index is 13.8. The molecule has 276 valence electrons. The van der Waals surface area contributed by atoms with Gasteiger partial charge in [0.05, 0.1) is 30.6 Å². The number of H-pyrrole nitrogens is 1. The maximum absolute atomic E-state index is 13.8. The van der Waals surface area contributed by atoms with Crippen molar-refractivity contribution < 1.29 is 43.5 Å². The van der Waals surface area contributed by atoms with Gasteiger partial charge in [0, 0.05) is 23.2 Å². The molecular weight excluding hydrogens is 686 g/mol. The van der Waals surface area contributed by atoms with Crippen molar-refractivity contribution in [3.63, 3.8) is 0 Å². The predicted molar refractivity (Wildman–Crippen MR) is 184 cm³/mol. The maximum Gasteiger partial charge on any atom is 0.326 e. The molecule has 3 heterocycles. The van der Waals surface area contributed by atoms with Crippen LogP contribution in [-0.2, 0) is 44.8 Å². The van der Waals surface area contributed by atoms with Crippen molar-refractivity contribution in [1.29, 1.82) is 0 Å². The third-order valence-corrected chi connectivity index (χ3v) is 9.98. The van der Waals surface area contributed by atoms with Gasteiger partial charge in [0.1, 0.15) is 24.2 Å². The second kappa shape index (κ2) is 17.2. The number of thioether (sulfide) groups is 1. The minimum absolute atomic E-state index is 0.0245. The molecule has 1 saturated heterocycles. The average Bonchev–Trinajstić information content (AvgIpc) is 3.41. The highest BCUT2D eigenvalue weighted by molar-refractivity contribution is 7.99. The zero-order valence-electron chi connectivity index (χ0n) is 28.2. The molecule has 4 rings (SSSR count). The number of fused-ring (bicyclic) bond motifs is 3. The van der Waals surface area contributed by atoms with Gasteiger partial charge in [-0.1, -0.05) is 38.5 Å². The van der Waals surface area contributed by atoms with Crippen molar-refractivity contribution in [2.45, 2.75) is 74.8 Å². The summed E-state index contributed by atoms with van der Waals surface area (Å²) in [4.78, 5) is 107. The Morgan fingerprint density at radius 2 is 1.71 bits per heavy atom. The van der Waals surface area contributed by atoms with Crippen molar-refractivity contribution in [3.05, 3.63) is 29.8 Å². The molecule has 0 bridgehead atoms. The largest absolute Gasteiger partial charge is 0.480 e. The van der Waals surface area contributed by atoms with Crippen LogP contribution in [0.5, 0.6) is 0 Å². The van der Waals surface area contributed by atoms with Gasteiger partial charge in [-0.2, -0.15) is 0 Å². The van der Waals surface area contributed by atoms with Crippen molar-refractivity contribution in [1.82, 2.24) is 36.5 Å². The number of carboxylic acids is 1. The number of carbonyl (C=O) groups excluding carboxylic acids is 7. The molecule has 2 aliphatic heterocycles. The van der Waals surface area contributed by atoms with E-state index in [1.807, 2.05) is 13.0 Å². The highest BCUT2D eigenvalue weighted by atomic mass is 32.2. The Hall–Kier alpha value is -5.17. The lowest BCUT2D eigenvalue weighted by atomic mass is 9.98. The van der Waals surface area contributed by atoms with E-state index in [0.29, 0.717) is 22.5 Å². The number of primary amides is 1. The minimum atomic E-state index is -1.52. The summed E-state index contributed by atoms with van der Waals surface area (Å²) in [6.07, 6.45) is 0.0753. The van der Waals surface area contributed by atoms with Crippen LogP contribution in [0.2, 0.25) is 0 Å². The normalized spacial score (nSPS) is 23.5. The van der Waals surface area contributed by atoms with Gasteiger partial charge in [-0.15, -0.1) is 11.8 Å². The molecular formula is C32H43N9O9S. The number of likely N-dealkylation sites (tertiary alicyclic amines) is 1. The second-order valence-corrected chi connectivity index (χ2v) is 13.5. The molecule has 1 aromatic heterocycles. The first-order chi connectivity index (χ1) is 24.2. The average molecular weight is 730 g/mol. The SMILES string of the molecule is CC[C@H](C)[C@@H]1NC(=O)CNC(=O)[C@@H](N)Cc2c([nH]c3ccccc23)SC[C@@H](C(=O)N[C@@H](CC(N)=O)C(=O)N2CC[C@H]2C(=O)O)NC(=O)CNC1=O. The van der Waals surface area contributed by atoms with Crippen LogP contribution in [0.3, 0.4) is 0 Å². The highest BCUT2D eigenvalue weighted by Gasteiger charge is 2.41. The quantitative estimate of drug-likeness (QED) is 0.136. The molecule has 1 fully saturated rings. The Kier molecular flexibility index (Phi) is 13.0. The number of nitrogens with two attached hydrogens (primary N) is 2. The van der Waals surface area contributed by atoms with Gasteiger partial charge in [-0.25, -0.2) is 4.79 Å². The molecule has 0 saturated carbocycles. The lowest BCUT2D eigenvalue weighted by molar-refractivity contribution is -0.158. The molecule has 2 aromatic rings. The fourth-order valence-corrected chi connectivity index (χ4v) is 6.81. The predicted octanol–water partition coefficient (Wildman–Crippen LogP) is -2.56. The Balaban J connectivity index is 1.66. The van der Waals surface area contributed by atoms with Crippen LogP contribution in [0.1, 0.15) is 38.7 Å². The Morgan fingerprint density at radius 1 is 1.04 bits per heavy atom. The number of para-hydroxylation sites is 1. The van der Waals surface area contributed by atoms with E-state index in [-0.39, 0.29) is 31.1 Å². The van der Waals surface area contributed by atoms with Gasteiger partial charge in [0.2, 0.25) is 41.4 Å². The van der Waals surface area contributed by atoms with Gasteiger partial charge in [0.25, 0.3) is 0 Å². The summed E-state index contributed by atoms with van der Waals surface area (Å²) >= 11 is 1.11. The fraction of sp³-hybridized carbons (Fsp3) is 0.500. The van der Waals surface area contributed by atoms with Gasteiger partial charge < -0.3 is 53.0 Å². The van der Waals surface area contributed by atoms with E-state index in [1.165, 1.54) is 0 Å². The zero-order valence-corrected chi connectivity index (χ0v) is 29.0. The first-order valence-corrected chi connectivity index (χ1v) is 17.4. The topological polar surface area (TPSA) is 288 Å². The van der Waals surface area contributed by atoms with E-state index in [4.69, 9.17) is 11.5 Å². The van der Waals surface area contributed by atoms with Crippen molar-refractivity contribution in [2.75, 3.05) is 25.4 Å². The Bertz CT molecular complexity index is 1700. The molecule has 6 atom stereocenters. The monoisotopic (exact) mass is 729 g/mol. The number of carbonyl (C=O) groups is 8. The number of carboxylic acid groups (broad SMARTS) is 1. The third kappa shape index (κ3) is 9.75. The fourth-order valence-electron chi connectivity index (χ4n) is 5.69. The van der Waals surface area contributed by atoms with Crippen molar-refractivity contribution in [3.8, 4) is 0 Å².